The highest BCUT2D eigenvalue weighted by molar-refractivity contribution is 7.15. The van der Waals surface area contributed by atoms with Gasteiger partial charge in [-0.1, -0.05) is 30.3 Å². The first kappa shape index (κ1) is 22.5. The molecule has 0 saturated carbocycles. The number of benzene rings is 2. The molecule has 34 heavy (non-hydrogen) atoms. The lowest BCUT2D eigenvalue weighted by molar-refractivity contribution is 0.0792. The van der Waals surface area contributed by atoms with E-state index in [-0.39, 0.29) is 6.10 Å². The van der Waals surface area contributed by atoms with Gasteiger partial charge in [0.25, 0.3) is 0 Å². The number of rotatable bonds is 8. The van der Waals surface area contributed by atoms with E-state index in [1.54, 1.807) is 17.5 Å². The molecule has 0 radical (unpaired) electrons. The number of para-hydroxylation sites is 1. The first-order chi connectivity index (χ1) is 16.7. The highest BCUT2D eigenvalue weighted by atomic mass is 32.1. The molecule has 0 aliphatic carbocycles. The van der Waals surface area contributed by atoms with E-state index in [1.165, 1.54) is 10.4 Å². The SMILES string of the molecule is OC1CCN(Cc2cccc(Nc3nccc(-c4ccc(CNc5ccccc5)s4)n3)c2)CC1. The van der Waals surface area contributed by atoms with Crippen molar-refractivity contribution >= 4 is 28.7 Å². The number of aromatic nitrogens is 2. The van der Waals surface area contributed by atoms with Crippen molar-refractivity contribution < 1.29 is 5.11 Å². The molecule has 3 heterocycles. The average Bonchev–Trinajstić information content (AvgIpc) is 3.35. The normalized spacial score (nSPS) is 14.7. The molecule has 4 aromatic rings. The van der Waals surface area contributed by atoms with Gasteiger partial charge in [-0.2, -0.15) is 0 Å². The molecule has 3 N–H and O–H groups in total. The van der Waals surface area contributed by atoms with E-state index >= 15 is 0 Å². The van der Waals surface area contributed by atoms with Crippen molar-refractivity contribution in [2.24, 2.45) is 0 Å². The Hall–Kier alpha value is -3.26. The first-order valence-electron chi connectivity index (χ1n) is 11.7. The van der Waals surface area contributed by atoms with E-state index in [2.05, 4.69) is 63.0 Å². The van der Waals surface area contributed by atoms with Gasteiger partial charge in [-0.05, 0) is 60.9 Å². The second-order valence-electron chi connectivity index (χ2n) is 8.58. The third kappa shape index (κ3) is 5.99. The molecule has 6 nitrogen and oxygen atoms in total. The van der Waals surface area contributed by atoms with Gasteiger partial charge in [0.05, 0.1) is 16.7 Å². The van der Waals surface area contributed by atoms with Gasteiger partial charge in [-0.25, -0.2) is 9.97 Å². The van der Waals surface area contributed by atoms with Crippen LogP contribution in [0.25, 0.3) is 10.6 Å². The molecule has 5 rings (SSSR count). The second-order valence-corrected chi connectivity index (χ2v) is 9.75. The minimum atomic E-state index is -0.145. The first-order valence-corrected chi connectivity index (χ1v) is 12.5. The fourth-order valence-electron chi connectivity index (χ4n) is 4.12. The molecule has 2 aromatic carbocycles. The lowest BCUT2D eigenvalue weighted by Crippen LogP contribution is -2.35. The maximum atomic E-state index is 9.73. The molecule has 2 aromatic heterocycles. The van der Waals surface area contributed by atoms with Crippen molar-refractivity contribution in [1.29, 1.82) is 0 Å². The van der Waals surface area contributed by atoms with Crippen LogP contribution in [-0.4, -0.2) is 39.2 Å². The Morgan fingerprint density at radius 2 is 1.76 bits per heavy atom. The third-order valence-corrected chi connectivity index (χ3v) is 7.06. The summed E-state index contributed by atoms with van der Waals surface area (Å²) in [6, 6.07) is 24.8. The summed E-state index contributed by atoms with van der Waals surface area (Å²) in [5.74, 6) is 0.591. The Labute approximate surface area is 204 Å². The zero-order chi connectivity index (χ0) is 23.2. The van der Waals surface area contributed by atoms with Gasteiger partial charge in [0.15, 0.2) is 0 Å². The number of nitrogens with one attached hydrogen (secondary N) is 2. The summed E-state index contributed by atoms with van der Waals surface area (Å²) in [6.07, 6.45) is 3.36. The van der Waals surface area contributed by atoms with E-state index in [9.17, 15) is 5.11 Å². The molecule has 1 fully saturated rings. The van der Waals surface area contributed by atoms with Crippen molar-refractivity contribution in [3.63, 3.8) is 0 Å². The van der Waals surface area contributed by atoms with Crippen LogP contribution in [0.5, 0.6) is 0 Å². The Bertz CT molecular complexity index is 1200. The number of aliphatic hydroxyl groups excluding tert-OH is 1. The number of aliphatic hydroxyl groups is 1. The van der Waals surface area contributed by atoms with E-state index in [4.69, 9.17) is 4.98 Å². The van der Waals surface area contributed by atoms with Crippen LogP contribution < -0.4 is 10.6 Å². The summed E-state index contributed by atoms with van der Waals surface area (Å²) in [5, 5.41) is 16.5. The van der Waals surface area contributed by atoms with Gasteiger partial charge >= 0.3 is 0 Å². The average molecular weight is 472 g/mol. The lowest BCUT2D eigenvalue weighted by Gasteiger charge is -2.29. The minimum absolute atomic E-state index is 0.145. The van der Waals surface area contributed by atoms with Gasteiger partial charge in [0.2, 0.25) is 5.95 Å². The Morgan fingerprint density at radius 1 is 0.941 bits per heavy atom. The Kier molecular flexibility index (Phi) is 7.14. The summed E-state index contributed by atoms with van der Waals surface area (Å²) in [4.78, 5) is 14.0. The lowest BCUT2D eigenvalue weighted by atomic mass is 10.1. The van der Waals surface area contributed by atoms with Gasteiger partial charge in [0, 0.05) is 48.6 Å². The third-order valence-electron chi connectivity index (χ3n) is 5.96. The van der Waals surface area contributed by atoms with Gasteiger partial charge in [-0.3, -0.25) is 4.90 Å². The van der Waals surface area contributed by atoms with Crippen LogP contribution in [0.2, 0.25) is 0 Å². The number of nitrogens with zero attached hydrogens (tertiary/aromatic N) is 3. The van der Waals surface area contributed by atoms with E-state index in [0.29, 0.717) is 5.95 Å². The molecule has 7 heteroatoms. The van der Waals surface area contributed by atoms with Crippen molar-refractivity contribution in [2.75, 3.05) is 23.7 Å². The van der Waals surface area contributed by atoms with Crippen LogP contribution in [0.15, 0.2) is 79.0 Å². The maximum Gasteiger partial charge on any atom is 0.227 e. The predicted octanol–water partition coefficient (Wildman–Crippen LogP) is 5.52. The zero-order valence-electron chi connectivity index (χ0n) is 19.0. The van der Waals surface area contributed by atoms with Gasteiger partial charge in [-0.15, -0.1) is 11.3 Å². The maximum absolute atomic E-state index is 9.73. The van der Waals surface area contributed by atoms with Crippen molar-refractivity contribution in [3.8, 4) is 10.6 Å². The van der Waals surface area contributed by atoms with E-state index in [1.807, 2.05) is 30.3 Å². The van der Waals surface area contributed by atoms with Crippen LogP contribution in [-0.2, 0) is 13.1 Å². The molecular weight excluding hydrogens is 442 g/mol. The number of hydrogen-bond acceptors (Lipinski definition) is 7. The smallest absolute Gasteiger partial charge is 0.227 e. The summed E-state index contributed by atoms with van der Waals surface area (Å²) in [6.45, 7) is 3.55. The molecule has 0 bridgehead atoms. The van der Waals surface area contributed by atoms with E-state index < -0.39 is 0 Å². The molecular formula is C27H29N5OS. The molecule has 1 aliphatic heterocycles. The van der Waals surface area contributed by atoms with Crippen molar-refractivity contribution in [2.45, 2.75) is 32.0 Å². The molecule has 0 spiro atoms. The standard InChI is InChI=1S/C27H29N5OS/c33-23-12-15-32(16-13-23)19-20-5-4-8-22(17-20)30-27-28-14-11-25(31-27)26-10-9-24(34-26)18-29-21-6-2-1-3-7-21/h1-11,14,17,23,29,33H,12-13,15-16,18-19H2,(H,28,30,31). The summed E-state index contributed by atoms with van der Waals surface area (Å²) >= 11 is 1.74. The molecule has 0 atom stereocenters. The predicted molar refractivity (Wildman–Crippen MR) is 139 cm³/mol. The molecule has 1 aliphatic rings. The number of hydrogen-bond donors (Lipinski definition) is 3. The van der Waals surface area contributed by atoms with Gasteiger partial charge in [0.1, 0.15) is 0 Å². The minimum Gasteiger partial charge on any atom is -0.393 e. The molecule has 0 unspecified atom stereocenters. The summed E-state index contributed by atoms with van der Waals surface area (Å²) in [5.41, 5.74) is 4.25. The molecule has 174 valence electrons. The van der Waals surface area contributed by atoms with Crippen LogP contribution in [0, 0.1) is 0 Å². The highest BCUT2D eigenvalue weighted by Crippen LogP contribution is 2.28. The monoisotopic (exact) mass is 471 g/mol. The topological polar surface area (TPSA) is 73.3 Å². The van der Waals surface area contributed by atoms with Gasteiger partial charge < -0.3 is 15.7 Å². The largest absolute Gasteiger partial charge is 0.393 e. The van der Waals surface area contributed by atoms with Crippen molar-refractivity contribution in [3.05, 3.63) is 89.4 Å². The number of thiophene rings is 1. The molecule has 1 saturated heterocycles. The summed E-state index contributed by atoms with van der Waals surface area (Å²) in [7, 11) is 0. The highest BCUT2D eigenvalue weighted by Gasteiger charge is 2.17. The number of piperidine rings is 1. The number of likely N-dealkylation sites (tertiary alicyclic amines) is 1. The fourth-order valence-corrected chi connectivity index (χ4v) is 5.04. The quantitative estimate of drug-likeness (QED) is 0.314. The Morgan fingerprint density at radius 3 is 2.62 bits per heavy atom. The second kappa shape index (κ2) is 10.8. The van der Waals surface area contributed by atoms with Crippen molar-refractivity contribution in [1.82, 2.24) is 14.9 Å². The van der Waals surface area contributed by atoms with Crippen LogP contribution in [0.1, 0.15) is 23.3 Å². The zero-order valence-corrected chi connectivity index (χ0v) is 19.8. The Balaban J connectivity index is 1.22. The fraction of sp³-hybridized carbons (Fsp3) is 0.259. The molecule has 0 amide bonds. The van der Waals surface area contributed by atoms with Crippen LogP contribution in [0.4, 0.5) is 17.3 Å². The van der Waals surface area contributed by atoms with E-state index in [0.717, 1.165) is 61.0 Å². The summed E-state index contributed by atoms with van der Waals surface area (Å²) < 4.78 is 0. The van der Waals surface area contributed by atoms with Crippen LogP contribution >= 0.6 is 11.3 Å². The number of anilines is 3. The van der Waals surface area contributed by atoms with Crippen LogP contribution in [0.3, 0.4) is 0 Å².